The van der Waals surface area contributed by atoms with Crippen LogP contribution in [0.3, 0.4) is 0 Å². The van der Waals surface area contributed by atoms with Gasteiger partial charge in [0, 0.05) is 12.6 Å². The zero-order valence-corrected chi connectivity index (χ0v) is 8.80. The van der Waals surface area contributed by atoms with E-state index in [4.69, 9.17) is 5.11 Å². The number of carboxylic acid groups (broad SMARTS) is 1. The third-order valence-corrected chi connectivity index (χ3v) is 2.85. The molecule has 0 amide bonds. The van der Waals surface area contributed by atoms with E-state index in [2.05, 4.69) is 11.9 Å². The number of carboxylic acids is 1. The quantitative estimate of drug-likeness (QED) is 0.733. The summed E-state index contributed by atoms with van der Waals surface area (Å²) in [6.45, 7) is 6.18. The number of hydrogen-bond acceptors (Lipinski definition) is 3. The van der Waals surface area contributed by atoms with Crippen molar-refractivity contribution in [2.45, 2.75) is 19.5 Å². The predicted molar refractivity (Wildman–Crippen MR) is 57.8 cm³/mol. The Morgan fingerprint density at radius 3 is 3.14 bits per heavy atom. The molecular formula is C10H13NO2S. The van der Waals surface area contributed by atoms with Gasteiger partial charge in [-0.15, -0.1) is 17.9 Å². The number of thiophene rings is 1. The Hall–Kier alpha value is -1.13. The lowest BCUT2D eigenvalue weighted by molar-refractivity contribution is 0.0701. The van der Waals surface area contributed by atoms with Gasteiger partial charge >= 0.3 is 5.97 Å². The van der Waals surface area contributed by atoms with E-state index < -0.39 is 5.97 Å². The van der Waals surface area contributed by atoms with Crippen LogP contribution in [-0.2, 0) is 6.54 Å². The fraction of sp³-hybridized carbons (Fsp3) is 0.300. The SMILES string of the molecule is C=CC(C)NCc1ccsc1C(=O)O. The molecule has 1 heterocycles. The smallest absolute Gasteiger partial charge is 0.346 e. The van der Waals surface area contributed by atoms with Crippen molar-refractivity contribution in [2.75, 3.05) is 0 Å². The third kappa shape index (κ3) is 2.68. The van der Waals surface area contributed by atoms with Gasteiger partial charge in [-0.05, 0) is 23.9 Å². The minimum absolute atomic E-state index is 0.191. The second kappa shape index (κ2) is 4.93. The molecule has 3 nitrogen and oxygen atoms in total. The number of rotatable bonds is 5. The number of nitrogens with one attached hydrogen (secondary N) is 1. The van der Waals surface area contributed by atoms with Crippen molar-refractivity contribution < 1.29 is 9.90 Å². The summed E-state index contributed by atoms with van der Waals surface area (Å²) in [5, 5.41) is 13.8. The Bertz CT molecular complexity index is 333. The standard InChI is InChI=1S/C10H13NO2S/c1-3-7(2)11-6-8-4-5-14-9(8)10(12)13/h3-5,7,11H,1,6H2,2H3,(H,12,13). The summed E-state index contributed by atoms with van der Waals surface area (Å²) in [6.07, 6.45) is 1.78. The molecule has 0 saturated carbocycles. The van der Waals surface area contributed by atoms with E-state index in [-0.39, 0.29) is 6.04 Å². The maximum atomic E-state index is 10.8. The lowest BCUT2D eigenvalue weighted by Crippen LogP contribution is -2.23. The first kappa shape index (κ1) is 10.9. The lowest BCUT2D eigenvalue weighted by Gasteiger charge is -2.08. The first-order valence-electron chi connectivity index (χ1n) is 4.30. The monoisotopic (exact) mass is 211 g/mol. The van der Waals surface area contributed by atoms with Gasteiger partial charge in [-0.3, -0.25) is 0 Å². The van der Waals surface area contributed by atoms with Crippen molar-refractivity contribution in [2.24, 2.45) is 0 Å². The van der Waals surface area contributed by atoms with Gasteiger partial charge in [-0.1, -0.05) is 6.08 Å². The molecule has 0 aliphatic heterocycles. The van der Waals surface area contributed by atoms with Crippen LogP contribution in [0.2, 0.25) is 0 Å². The molecule has 76 valence electrons. The van der Waals surface area contributed by atoms with E-state index >= 15 is 0 Å². The van der Waals surface area contributed by atoms with E-state index in [1.54, 1.807) is 11.5 Å². The first-order chi connectivity index (χ1) is 6.65. The summed E-state index contributed by atoms with van der Waals surface area (Å²) in [5.74, 6) is -0.858. The van der Waals surface area contributed by atoms with Crippen LogP contribution in [-0.4, -0.2) is 17.1 Å². The van der Waals surface area contributed by atoms with Crippen LogP contribution in [0.15, 0.2) is 24.1 Å². The van der Waals surface area contributed by atoms with Gasteiger partial charge in [0.25, 0.3) is 0 Å². The van der Waals surface area contributed by atoms with E-state index in [0.29, 0.717) is 11.4 Å². The number of carbonyl (C=O) groups is 1. The Kier molecular flexibility index (Phi) is 3.85. The largest absolute Gasteiger partial charge is 0.477 e. The lowest BCUT2D eigenvalue weighted by atomic mass is 10.2. The molecule has 2 N–H and O–H groups in total. The maximum Gasteiger partial charge on any atom is 0.346 e. The zero-order valence-electron chi connectivity index (χ0n) is 7.99. The van der Waals surface area contributed by atoms with Crippen LogP contribution < -0.4 is 5.32 Å². The second-order valence-corrected chi connectivity index (χ2v) is 3.90. The molecule has 1 aromatic heterocycles. The van der Waals surface area contributed by atoms with Gasteiger partial charge in [0.05, 0.1) is 0 Å². The molecule has 0 fully saturated rings. The topological polar surface area (TPSA) is 49.3 Å². The van der Waals surface area contributed by atoms with Gasteiger partial charge in [-0.2, -0.15) is 0 Å². The minimum atomic E-state index is -0.858. The molecule has 0 saturated heterocycles. The molecule has 0 bridgehead atoms. The molecule has 1 aromatic rings. The van der Waals surface area contributed by atoms with E-state index in [0.717, 1.165) is 5.56 Å². The minimum Gasteiger partial charge on any atom is -0.477 e. The van der Waals surface area contributed by atoms with E-state index in [9.17, 15) is 4.79 Å². The highest BCUT2D eigenvalue weighted by atomic mass is 32.1. The van der Waals surface area contributed by atoms with Crippen molar-refractivity contribution in [1.29, 1.82) is 0 Å². The van der Waals surface area contributed by atoms with Crippen LogP contribution in [0.5, 0.6) is 0 Å². The van der Waals surface area contributed by atoms with Crippen molar-refractivity contribution in [3.63, 3.8) is 0 Å². The summed E-state index contributed by atoms with van der Waals surface area (Å²) in [6, 6.07) is 2.02. The molecule has 0 spiro atoms. The summed E-state index contributed by atoms with van der Waals surface area (Å²) in [4.78, 5) is 11.2. The average molecular weight is 211 g/mol. The van der Waals surface area contributed by atoms with Crippen LogP contribution >= 0.6 is 11.3 Å². The average Bonchev–Trinajstić information content (AvgIpc) is 2.62. The molecule has 14 heavy (non-hydrogen) atoms. The molecule has 0 aromatic carbocycles. The van der Waals surface area contributed by atoms with Crippen LogP contribution in [0.1, 0.15) is 22.2 Å². The predicted octanol–water partition coefficient (Wildman–Crippen LogP) is 2.11. The molecule has 4 heteroatoms. The van der Waals surface area contributed by atoms with Gasteiger partial charge in [0.2, 0.25) is 0 Å². The van der Waals surface area contributed by atoms with Crippen LogP contribution in [0.25, 0.3) is 0 Å². The Labute approximate surface area is 87.1 Å². The van der Waals surface area contributed by atoms with Gasteiger partial charge in [0.1, 0.15) is 4.88 Å². The first-order valence-corrected chi connectivity index (χ1v) is 5.18. The van der Waals surface area contributed by atoms with Crippen LogP contribution in [0, 0.1) is 0 Å². The van der Waals surface area contributed by atoms with Crippen molar-refractivity contribution in [1.82, 2.24) is 5.32 Å². The van der Waals surface area contributed by atoms with Crippen molar-refractivity contribution in [3.05, 3.63) is 34.5 Å². The van der Waals surface area contributed by atoms with Gasteiger partial charge < -0.3 is 10.4 Å². The van der Waals surface area contributed by atoms with Gasteiger partial charge in [0.15, 0.2) is 0 Å². The summed E-state index contributed by atoms with van der Waals surface area (Å²) in [5.41, 5.74) is 0.830. The summed E-state index contributed by atoms with van der Waals surface area (Å²) in [7, 11) is 0. The van der Waals surface area contributed by atoms with E-state index in [1.807, 2.05) is 13.0 Å². The normalized spacial score (nSPS) is 12.4. The zero-order chi connectivity index (χ0) is 10.6. The Morgan fingerprint density at radius 2 is 2.57 bits per heavy atom. The Balaban J connectivity index is 2.62. The number of aromatic carboxylic acids is 1. The molecule has 1 atom stereocenters. The van der Waals surface area contributed by atoms with Crippen LogP contribution in [0.4, 0.5) is 0 Å². The molecule has 0 radical (unpaired) electrons. The molecular weight excluding hydrogens is 198 g/mol. The highest BCUT2D eigenvalue weighted by Gasteiger charge is 2.11. The highest BCUT2D eigenvalue weighted by molar-refractivity contribution is 7.12. The second-order valence-electron chi connectivity index (χ2n) is 2.99. The van der Waals surface area contributed by atoms with Crippen molar-refractivity contribution >= 4 is 17.3 Å². The summed E-state index contributed by atoms with van der Waals surface area (Å²) >= 11 is 1.25. The maximum absolute atomic E-state index is 10.8. The third-order valence-electron chi connectivity index (χ3n) is 1.91. The molecule has 0 aliphatic carbocycles. The Morgan fingerprint density at radius 1 is 1.86 bits per heavy atom. The van der Waals surface area contributed by atoms with E-state index in [1.165, 1.54) is 11.3 Å². The van der Waals surface area contributed by atoms with Crippen molar-refractivity contribution in [3.8, 4) is 0 Å². The fourth-order valence-electron chi connectivity index (χ4n) is 1.02. The molecule has 1 rings (SSSR count). The van der Waals surface area contributed by atoms with Gasteiger partial charge in [-0.25, -0.2) is 4.79 Å². The molecule has 1 unspecified atom stereocenters. The highest BCUT2D eigenvalue weighted by Crippen LogP contribution is 2.16. The summed E-state index contributed by atoms with van der Waals surface area (Å²) < 4.78 is 0. The number of hydrogen-bond donors (Lipinski definition) is 2. The fourth-order valence-corrected chi connectivity index (χ4v) is 1.78. The molecule has 0 aliphatic rings.